The number of nitrogen functional groups attached to an aromatic ring is 1. The van der Waals surface area contributed by atoms with Crippen molar-refractivity contribution in [3.05, 3.63) is 36.2 Å². The molecule has 1 heterocycles. The molecule has 0 radical (unpaired) electrons. The second-order valence-electron chi connectivity index (χ2n) is 4.65. The summed E-state index contributed by atoms with van der Waals surface area (Å²) in [6.45, 7) is 2.87. The van der Waals surface area contributed by atoms with Crippen molar-refractivity contribution in [1.82, 2.24) is 9.78 Å². The summed E-state index contributed by atoms with van der Waals surface area (Å²) in [6, 6.07) is 3.38. The molecule has 0 unspecified atom stereocenters. The van der Waals surface area contributed by atoms with E-state index in [0.29, 0.717) is 5.56 Å². The molecule has 108 valence electrons. The van der Waals surface area contributed by atoms with Crippen molar-refractivity contribution in [2.24, 2.45) is 0 Å². The summed E-state index contributed by atoms with van der Waals surface area (Å²) in [5, 5.41) is 4.18. The Hall–Kier alpha value is -1.98. The first-order valence-electron chi connectivity index (χ1n) is 6.41. The number of rotatable bonds is 4. The van der Waals surface area contributed by atoms with E-state index >= 15 is 0 Å². The van der Waals surface area contributed by atoms with Crippen molar-refractivity contribution < 1.29 is 13.2 Å². The molecule has 1 aromatic carbocycles. The molecule has 0 aliphatic carbocycles. The van der Waals surface area contributed by atoms with Crippen LogP contribution in [0.2, 0.25) is 0 Å². The molecule has 0 saturated carbocycles. The van der Waals surface area contributed by atoms with Gasteiger partial charge in [-0.25, -0.2) is 0 Å². The van der Waals surface area contributed by atoms with E-state index in [1.807, 2.05) is 0 Å². The number of benzene rings is 1. The lowest BCUT2D eigenvalue weighted by Crippen LogP contribution is -2.05. The van der Waals surface area contributed by atoms with E-state index in [2.05, 4.69) is 12.0 Å². The minimum absolute atomic E-state index is 0.106. The largest absolute Gasteiger partial charge is 0.416 e. The Kier molecular flexibility index (Phi) is 4.01. The van der Waals surface area contributed by atoms with Crippen LogP contribution in [0.1, 0.15) is 25.3 Å². The number of aromatic nitrogens is 2. The molecule has 0 amide bonds. The lowest BCUT2D eigenvalue weighted by Gasteiger charge is -2.09. The maximum absolute atomic E-state index is 12.6. The Morgan fingerprint density at radius 2 is 2.05 bits per heavy atom. The standard InChI is InChI=1S/C14H16F3N3/c1-2-3-6-20-9-10(8-19-20)12-5-4-11(7-13(12)18)14(15,16)17/h4-5,7-9H,2-3,6,18H2,1H3. The summed E-state index contributed by atoms with van der Waals surface area (Å²) in [5.41, 5.74) is 6.39. The normalized spacial score (nSPS) is 11.8. The topological polar surface area (TPSA) is 43.8 Å². The number of alkyl halides is 3. The van der Waals surface area contributed by atoms with E-state index in [0.717, 1.165) is 37.1 Å². The molecule has 2 N–H and O–H groups in total. The third-order valence-electron chi connectivity index (χ3n) is 3.06. The third kappa shape index (κ3) is 3.12. The number of hydrogen-bond acceptors (Lipinski definition) is 2. The van der Waals surface area contributed by atoms with Crippen molar-refractivity contribution >= 4 is 5.69 Å². The van der Waals surface area contributed by atoms with Crippen LogP contribution in [0.4, 0.5) is 18.9 Å². The number of halogens is 3. The van der Waals surface area contributed by atoms with Crippen LogP contribution in [0, 0.1) is 0 Å². The predicted molar refractivity (Wildman–Crippen MR) is 72.0 cm³/mol. The molecule has 1 aromatic heterocycles. The van der Waals surface area contributed by atoms with Gasteiger partial charge in [-0.3, -0.25) is 4.68 Å². The van der Waals surface area contributed by atoms with E-state index in [1.165, 1.54) is 6.07 Å². The number of aryl methyl sites for hydroxylation is 1. The van der Waals surface area contributed by atoms with E-state index < -0.39 is 11.7 Å². The van der Waals surface area contributed by atoms with Gasteiger partial charge in [-0.2, -0.15) is 18.3 Å². The quantitative estimate of drug-likeness (QED) is 0.863. The molecule has 0 bridgehead atoms. The Morgan fingerprint density at radius 1 is 1.30 bits per heavy atom. The van der Waals surface area contributed by atoms with E-state index in [4.69, 9.17) is 5.73 Å². The van der Waals surface area contributed by atoms with Gasteiger partial charge in [0.15, 0.2) is 0 Å². The fraction of sp³-hybridized carbons (Fsp3) is 0.357. The van der Waals surface area contributed by atoms with Gasteiger partial charge in [-0.05, 0) is 18.6 Å². The average molecular weight is 283 g/mol. The van der Waals surface area contributed by atoms with Gasteiger partial charge in [0.05, 0.1) is 11.8 Å². The Labute approximate surface area is 115 Å². The summed E-state index contributed by atoms with van der Waals surface area (Å²) < 4.78 is 39.5. The molecule has 3 nitrogen and oxygen atoms in total. The molecule has 2 rings (SSSR count). The molecule has 6 heteroatoms. The molecule has 0 saturated heterocycles. The van der Waals surface area contributed by atoms with Crippen LogP contribution in [-0.4, -0.2) is 9.78 Å². The van der Waals surface area contributed by atoms with Crippen molar-refractivity contribution in [2.75, 3.05) is 5.73 Å². The summed E-state index contributed by atoms with van der Waals surface area (Å²) >= 11 is 0. The van der Waals surface area contributed by atoms with E-state index in [-0.39, 0.29) is 5.69 Å². The highest BCUT2D eigenvalue weighted by molar-refractivity contribution is 5.76. The molecule has 0 aliphatic rings. The zero-order valence-electron chi connectivity index (χ0n) is 11.1. The van der Waals surface area contributed by atoms with Gasteiger partial charge < -0.3 is 5.73 Å². The SMILES string of the molecule is CCCCn1cc(-c2ccc(C(F)(F)F)cc2N)cn1. The fourth-order valence-corrected chi connectivity index (χ4v) is 1.95. The van der Waals surface area contributed by atoms with Gasteiger partial charge in [0, 0.05) is 29.6 Å². The van der Waals surface area contributed by atoms with Crippen LogP contribution in [0.15, 0.2) is 30.6 Å². The Balaban J connectivity index is 2.27. The molecule has 0 aliphatic heterocycles. The van der Waals surface area contributed by atoms with Crippen LogP contribution in [0.25, 0.3) is 11.1 Å². The number of nitrogens with zero attached hydrogens (tertiary/aromatic N) is 2. The molecule has 20 heavy (non-hydrogen) atoms. The van der Waals surface area contributed by atoms with Crippen molar-refractivity contribution in [3.8, 4) is 11.1 Å². The number of unbranched alkanes of at least 4 members (excludes halogenated alkanes) is 1. The lowest BCUT2D eigenvalue weighted by atomic mass is 10.0. The van der Waals surface area contributed by atoms with Crippen molar-refractivity contribution in [1.29, 1.82) is 0 Å². The van der Waals surface area contributed by atoms with Crippen molar-refractivity contribution in [2.45, 2.75) is 32.5 Å². The van der Waals surface area contributed by atoms with Gasteiger partial charge in [0.2, 0.25) is 0 Å². The number of hydrogen-bond donors (Lipinski definition) is 1. The Bertz CT molecular complexity index is 588. The smallest absolute Gasteiger partial charge is 0.398 e. The van der Waals surface area contributed by atoms with Crippen molar-refractivity contribution in [3.63, 3.8) is 0 Å². The molecule has 0 fully saturated rings. The molecule has 0 atom stereocenters. The molecule has 0 spiro atoms. The highest BCUT2D eigenvalue weighted by Gasteiger charge is 2.30. The van der Waals surface area contributed by atoms with Crippen LogP contribution < -0.4 is 5.73 Å². The summed E-state index contributed by atoms with van der Waals surface area (Å²) in [6.07, 6.45) is 1.10. The number of anilines is 1. The van der Waals surface area contributed by atoms with Gasteiger partial charge in [0.25, 0.3) is 0 Å². The van der Waals surface area contributed by atoms with Gasteiger partial charge in [0.1, 0.15) is 0 Å². The van der Waals surface area contributed by atoms with Crippen LogP contribution in [0.5, 0.6) is 0 Å². The predicted octanol–water partition coefficient (Wildman–Crippen LogP) is 3.95. The first-order valence-corrected chi connectivity index (χ1v) is 6.41. The summed E-state index contributed by atoms with van der Waals surface area (Å²) in [7, 11) is 0. The van der Waals surface area contributed by atoms with Gasteiger partial charge in [-0.1, -0.05) is 19.4 Å². The zero-order chi connectivity index (χ0) is 14.8. The average Bonchev–Trinajstić information content (AvgIpc) is 2.83. The first-order chi connectivity index (χ1) is 9.41. The molecule has 2 aromatic rings. The van der Waals surface area contributed by atoms with Crippen LogP contribution in [0.3, 0.4) is 0 Å². The van der Waals surface area contributed by atoms with E-state index in [9.17, 15) is 13.2 Å². The van der Waals surface area contributed by atoms with Crippen LogP contribution >= 0.6 is 0 Å². The van der Waals surface area contributed by atoms with E-state index in [1.54, 1.807) is 17.1 Å². The zero-order valence-corrected chi connectivity index (χ0v) is 11.1. The highest BCUT2D eigenvalue weighted by atomic mass is 19.4. The fourth-order valence-electron chi connectivity index (χ4n) is 1.95. The molecular weight excluding hydrogens is 267 g/mol. The van der Waals surface area contributed by atoms with Gasteiger partial charge >= 0.3 is 6.18 Å². The minimum Gasteiger partial charge on any atom is -0.398 e. The first kappa shape index (κ1) is 14.4. The lowest BCUT2D eigenvalue weighted by molar-refractivity contribution is -0.137. The van der Waals surface area contributed by atoms with Crippen LogP contribution in [-0.2, 0) is 12.7 Å². The monoisotopic (exact) mass is 283 g/mol. The highest BCUT2D eigenvalue weighted by Crippen LogP contribution is 2.34. The second-order valence-corrected chi connectivity index (χ2v) is 4.65. The minimum atomic E-state index is -4.38. The third-order valence-corrected chi connectivity index (χ3v) is 3.06. The number of nitrogens with two attached hydrogens (primary N) is 1. The summed E-state index contributed by atoms with van der Waals surface area (Å²) in [5.74, 6) is 0. The maximum atomic E-state index is 12.6. The maximum Gasteiger partial charge on any atom is 0.416 e. The Morgan fingerprint density at radius 3 is 2.65 bits per heavy atom. The van der Waals surface area contributed by atoms with Gasteiger partial charge in [-0.15, -0.1) is 0 Å². The summed E-state index contributed by atoms with van der Waals surface area (Å²) in [4.78, 5) is 0. The second kappa shape index (κ2) is 5.56. The molecular formula is C14H16F3N3.